The minimum Gasteiger partial charge on any atom is -0.481 e. The highest BCUT2D eigenvalue weighted by Gasteiger charge is 2.40. The van der Waals surface area contributed by atoms with E-state index in [-0.39, 0.29) is 23.3 Å². The Hall–Kier alpha value is -1.47. The van der Waals surface area contributed by atoms with Gasteiger partial charge in [0.15, 0.2) is 0 Å². The number of aliphatic carboxylic acids is 1. The largest absolute Gasteiger partial charge is 0.481 e. The van der Waals surface area contributed by atoms with Crippen LogP contribution in [-0.2, 0) is 26.2 Å². The number of nitrogens with zero attached hydrogens (tertiary/aromatic N) is 2. The van der Waals surface area contributed by atoms with Crippen LogP contribution in [0.5, 0.6) is 0 Å². The van der Waals surface area contributed by atoms with Crippen molar-refractivity contribution < 1.29 is 19.4 Å². The maximum atomic E-state index is 12.6. The monoisotopic (exact) mass is 380 g/mol. The van der Waals surface area contributed by atoms with Crippen molar-refractivity contribution >= 4 is 23.2 Å². The molecule has 0 aromatic carbocycles. The second kappa shape index (κ2) is 7.64. The average molecular weight is 381 g/mol. The SMILES string of the molecule is CC(C)(C)c1nc(CC(=O)N2CCC([C@@H]3OCCC3C(=O)O)CC2)cs1. The molecule has 7 heteroatoms. The number of carboxylic acid groups (broad SMARTS) is 1. The summed E-state index contributed by atoms with van der Waals surface area (Å²) in [6, 6.07) is 0. The van der Waals surface area contributed by atoms with E-state index in [1.165, 1.54) is 0 Å². The molecule has 0 bridgehead atoms. The number of aromatic nitrogens is 1. The third kappa shape index (κ3) is 4.26. The first kappa shape index (κ1) is 19.3. The highest BCUT2D eigenvalue weighted by Crippen LogP contribution is 2.33. The first-order valence-corrected chi connectivity index (χ1v) is 10.2. The lowest BCUT2D eigenvalue weighted by Gasteiger charge is -2.35. The highest BCUT2D eigenvalue weighted by molar-refractivity contribution is 7.09. The Morgan fingerprint density at radius 1 is 1.31 bits per heavy atom. The van der Waals surface area contributed by atoms with Crippen LogP contribution in [0.4, 0.5) is 0 Å². The predicted octanol–water partition coefficient (Wildman–Crippen LogP) is 2.71. The van der Waals surface area contributed by atoms with Crippen molar-refractivity contribution in [3.63, 3.8) is 0 Å². The number of thiazole rings is 1. The summed E-state index contributed by atoms with van der Waals surface area (Å²) in [5, 5.41) is 12.4. The average Bonchev–Trinajstić information content (AvgIpc) is 3.23. The Bertz CT molecular complexity index is 659. The van der Waals surface area contributed by atoms with Crippen LogP contribution in [0.1, 0.15) is 50.7 Å². The zero-order chi connectivity index (χ0) is 18.9. The second-order valence-corrected chi connectivity index (χ2v) is 9.22. The number of hydrogen-bond donors (Lipinski definition) is 1. The summed E-state index contributed by atoms with van der Waals surface area (Å²) in [6.45, 7) is 8.24. The molecular formula is C19H28N2O4S. The fourth-order valence-corrected chi connectivity index (χ4v) is 4.72. The molecule has 2 saturated heterocycles. The zero-order valence-corrected chi connectivity index (χ0v) is 16.6. The third-order valence-corrected chi connectivity index (χ3v) is 6.65. The van der Waals surface area contributed by atoms with E-state index in [9.17, 15) is 14.7 Å². The van der Waals surface area contributed by atoms with Crippen molar-refractivity contribution in [2.24, 2.45) is 11.8 Å². The number of carbonyl (C=O) groups is 2. The normalized spacial score (nSPS) is 24.8. The standard InChI is InChI=1S/C19H28N2O4S/c1-19(2,3)18-20-13(11-26-18)10-15(22)21-7-4-12(5-8-21)16-14(17(23)24)6-9-25-16/h11-12,14,16H,4-10H2,1-3H3,(H,23,24)/t14?,16-/m0/s1. The summed E-state index contributed by atoms with van der Waals surface area (Å²) < 4.78 is 5.70. The number of amides is 1. The van der Waals surface area contributed by atoms with Crippen LogP contribution in [-0.4, -0.2) is 52.7 Å². The zero-order valence-electron chi connectivity index (χ0n) is 15.7. The van der Waals surface area contributed by atoms with E-state index in [4.69, 9.17) is 4.74 Å². The van der Waals surface area contributed by atoms with E-state index in [1.54, 1.807) is 11.3 Å². The molecule has 0 spiro atoms. The molecule has 1 unspecified atom stereocenters. The van der Waals surface area contributed by atoms with Crippen LogP contribution in [0, 0.1) is 11.8 Å². The molecule has 0 radical (unpaired) electrons. The van der Waals surface area contributed by atoms with E-state index >= 15 is 0 Å². The van der Waals surface area contributed by atoms with Gasteiger partial charge in [-0.3, -0.25) is 9.59 Å². The van der Waals surface area contributed by atoms with E-state index in [0.717, 1.165) is 23.5 Å². The fourth-order valence-electron chi connectivity index (χ4n) is 3.82. The maximum Gasteiger partial charge on any atom is 0.309 e. The van der Waals surface area contributed by atoms with Gasteiger partial charge in [0.1, 0.15) is 0 Å². The predicted molar refractivity (Wildman–Crippen MR) is 99.3 cm³/mol. The van der Waals surface area contributed by atoms with Crippen LogP contribution in [0.2, 0.25) is 0 Å². The van der Waals surface area contributed by atoms with E-state index in [1.807, 2.05) is 10.3 Å². The van der Waals surface area contributed by atoms with E-state index in [0.29, 0.717) is 32.5 Å². The first-order chi connectivity index (χ1) is 12.3. The molecule has 6 nitrogen and oxygen atoms in total. The summed E-state index contributed by atoms with van der Waals surface area (Å²) in [7, 11) is 0. The molecule has 1 amide bonds. The second-order valence-electron chi connectivity index (χ2n) is 8.36. The van der Waals surface area contributed by atoms with Crippen molar-refractivity contribution in [2.75, 3.05) is 19.7 Å². The van der Waals surface area contributed by atoms with Gasteiger partial charge in [-0.05, 0) is 25.2 Å². The van der Waals surface area contributed by atoms with Gasteiger partial charge in [0.05, 0.1) is 29.1 Å². The third-order valence-electron chi connectivity index (χ3n) is 5.34. The topological polar surface area (TPSA) is 79.7 Å². The molecule has 2 aliphatic heterocycles. The summed E-state index contributed by atoms with van der Waals surface area (Å²) in [5.74, 6) is -0.817. The van der Waals surface area contributed by atoms with Gasteiger partial charge >= 0.3 is 5.97 Å². The van der Waals surface area contributed by atoms with Crippen molar-refractivity contribution in [3.8, 4) is 0 Å². The number of piperidine rings is 1. The molecule has 0 aliphatic carbocycles. The molecule has 1 aromatic heterocycles. The molecule has 1 aromatic rings. The first-order valence-electron chi connectivity index (χ1n) is 9.33. The number of hydrogen-bond acceptors (Lipinski definition) is 5. The smallest absolute Gasteiger partial charge is 0.309 e. The number of rotatable bonds is 4. The van der Waals surface area contributed by atoms with Crippen LogP contribution < -0.4 is 0 Å². The van der Waals surface area contributed by atoms with Gasteiger partial charge in [-0.15, -0.1) is 11.3 Å². The lowest BCUT2D eigenvalue weighted by Crippen LogP contribution is -2.43. The number of ether oxygens (including phenoxy) is 1. The Morgan fingerprint density at radius 3 is 2.58 bits per heavy atom. The summed E-state index contributed by atoms with van der Waals surface area (Å²) in [6.07, 6.45) is 2.36. The Kier molecular flexibility index (Phi) is 5.67. The molecule has 1 N–H and O–H groups in total. The number of carbonyl (C=O) groups excluding carboxylic acids is 1. The molecule has 2 aliphatic rings. The Labute approximate surface area is 158 Å². The lowest BCUT2D eigenvalue weighted by molar-refractivity contribution is -0.145. The molecule has 144 valence electrons. The highest BCUT2D eigenvalue weighted by atomic mass is 32.1. The molecule has 2 atom stereocenters. The van der Waals surface area contributed by atoms with Crippen LogP contribution in [0.25, 0.3) is 0 Å². The minimum absolute atomic E-state index is 0.00622. The fraction of sp³-hybridized carbons (Fsp3) is 0.737. The number of carboxylic acids is 1. The van der Waals surface area contributed by atoms with Gasteiger partial charge < -0.3 is 14.7 Å². The summed E-state index contributed by atoms with van der Waals surface area (Å²) in [5.41, 5.74) is 0.851. The van der Waals surface area contributed by atoms with Crippen LogP contribution in [0.15, 0.2) is 5.38 Å². The summed E-state index contributed by atoms with van der Waals surface area (Å²) in [4.78, 5) is 30.4. The van der Waals surface area contributed by atoms with Gasteiger partial charge in [0.2, 0.25) is 5.91 Å². The van der Waals surface area contributed by atoms with Crippen molar-refractivity contribution in [2.45, 2.75) is 58.0 Å². The molecule has 3 heterocycles. The Balaban J connectivity index is 1.52. The molecule has 2 fully saturated rings. The molecule has 3 rings (SSSR count). The van der Waals surface area contributed by atoms with Gasteiger partial charge in [-0.25, -0.2) is 4.98 Å². The van der Waals surface area contributed by atoms with Gasteiger partial charge in [0.25, 0.3) is 0 Å². The van der Waals surface area contributed by atoms with Gasteiger partial charge in [-0.1, -0.05) is 20.8 Å². The quantitative estimate of drug-likeness (QED) is 0.869. The van der Waals surface area contributed by atoms with Crippen LogP contribution in [0.3, 0.4) is 0 Å². The van der Waals surface area contributed by atoms with Crippen molar-refractivity contribution in [3.05, 3.63) is 16.1 Å². The van der Waals surface area contributed by atoms with Crippen molar-refractivity contribution in [1.82, 2.24) is 9.88 Å². The van der Waals surface area contributed by atoms with Crippen LogP contribution >= 0.6 is 11.3 Å². The minimum atomic E-state index is -0.760. The van der Waals surface area contributed by atoms with Gasteiger partial charge in [-0.2, -0.15) is 0 Å². The molecular weight excluding hydrogens is 352 g/mol. The van der Waals surface area contributed by atoms with E-state index in [2.05, 4.69) is 25.8 Å². The maximum absolute atomic E-state index is 12.6. The molecule has 26 heavy (non-hydrogen) atoms. The van der Waals surface area contributed by atoms with Gasteiger partial charge in [0, 0.05) is 30.5 Å². The Morgan fingerprint density at radius 2 is 2.00 bits per heavy atom. The summed E-state index contributed by atoms with van der Waals surface area (Å²) >= 11 is 1.61. The molecule has 0 saturated carbocycles. The van der Waals surface area contributed by atoms with E-state index < -0.39 is 11.9 Å². The lowest BCUT2D eigenvalue weighted by atomic mass is 9.84. The van der Waals surface area contributed by atoms with Crippen molar-refractivity contribution in [1.29, 1.82) is 0 Å². The number of likely N-dealkylation sites (tertiary alicyclic amines) is 1.